The number of phenols is 1. The van der Waals surface area contributed by atoms with Crippen molar-refractivity contribution in [2.75, 3.05) is 5.32 Å². The number of anilines is 1. The Morgan fingerprint density at radius 1 is 1.12 bits per heavy atom. The van der Waals surface area contributed by atoms with E-state index in [1.165, 1.54) is 23.5 Å². The van der Waals surface area contributed by atoms with Gasteiger partial charge in [0.1, 0.15) is 10.8 Å². The molecule has 0 spiro atoms. The van der Waals surface area contributed by atoms with E-state index in [9.17, 15) is 20.0 Å². The second-order valence-electron chi connectivity index (χ2n) is 8.72. The van der Waals surface area contributed by atoms with Crippen LogP contribution in [0.25, 0.3) is 20.8 Å². The summed E-state index contributed by atoms with van der Waals surface area (Å²) in [4.78, 5) is 28.9. The van der Waals surface area contributed by atoms with Crippen molar-refractivity contribution >= 4 is 38.8 Å². The monoisotopic (exact) mass is 473 g/mol. The first-order valence-corrected chi connectivity index (χ1v) is 11.9. The molecule has 7 nitrogen and oxygen atoms in total. The van der Waals surface area contributed by atoms with Crippen LogP contribution in [0.1, 0.15) is 36.8 Å². The SMILES string of the molecule is Cc1cc(NC(=O)C2(c3ccc([N+](=O)[O-])cc3)CCCC2)cc(-c2nc3ccccc3s2)c1O. The third-order valence-corrected chi connectivity index (χ3v) is 7.67. The highest BCUT2D eigenvalue weighted by atomic mass is 32.1. The fraction of sp³-hybridized carbons (Fsp3) is 0.231. The highest BCUT2D eigenvalue weighted by Crippen LogP contribution is 2.44. The van der Waals surface area contributed by atoms with E-state index in [-0.39, 0.29) is 17.3 Å². The van der Waals surface area contributed by atoms with Gasteiger partial charge in [-0.25, -0.2) is 4.98 Å². The predicted octanol–water partition coefficient (Wildman–Crippen LogP) is 6.34. The number of carbonyl (C=O) groups excluding carboxylic acids is 1. The molecule has 0 atom stereocenters. The lowest BCUT2D eigenvalue weighted by Crippen LogP contribution is -2.38. The van der Waals surface area contributed by atoms with Gasteiger partial charge in [-0.15, -0.1) is 11.3 Å². The highest BCUT2D eigenvalue weighted by Gasteiger charge is 2.43. The number of para-hydroxylation sites is 1. The van der Waals surface area contributed by atoms with Gasteiger partial charge >= 0.3 is 0 Å². The third-order valence-electron chi connectivity index (χ3n) is 6.61. The molecule has 0 saturated heterocycles. The van der Waals surface area contributed by atoms with Crippen molar-refractivity contribution in [2.45, 2.75) is 38.0 Å². The first-order chi connectivity index (χ1) is 16.4. The van der Waals surface area contributed by atoms with Crippen LogP contribution in [0, 0.1) is 17.0 Å². The summed E-state index contributed by atoms with van der Waals surface area (Å²) in [7, 11) is 0. The molecule has 1 amide bonds. The van der Waals surface area contributed by atoms with E-state index in [1.54, 1.807) is 31.2 Å². The molecule has 0 unspecified atom stereocenters. The molecular weight excluding hydrogens is 450 g/mol. The molecule has 1 fully saturated rings. The molecule has 0 radical (unpaired) electrons. The molecule has 1 saturated carbocycles. The Bertz CT molecular complexity index is 1370. The topological polar surface area (TPSA) is 105 Å². The molecule has 4 aromatic rings. The summed E-state index contributed by atoms with van der Waals surface area (Å²) in [5.74, 6) is 0.00203. The molecular formula is C26H23N3O4S. The number of fused-ring (bicyclic) bond motifs is 1. The third kappa shape index (κ3) is 3.80. The van der Waals surface area contributed by atoms with Crippen molar-refractivity contribution in [3.63, 3.8) is 0 Å². The van der Waals surface area contributed by atoms with Crippen molar-refractivity contribution in [1.82, 2.24) is 4.98 Å². The standard InChI is InChI=1S/C26H23N3O4S/c1-16-14-18(15-20(23(16)30)24-28-21-6-2-3-7-22(21)34-24)27-25(31)26(12-4-5-13-26)17-8-10-19(11-9-17)29(32)33/h2-3,6-11,14-15,30H,4-5,12-13H2,1H3,(H,27,31). The zero-order chi connectivity index (χ0) is 23.9. The number of nitrogens with one attached hydrogen (secondary N) is 1. The summed E-state index contributed by atoms with van der Waals surface area (Å²) >= 11 is 1.49. The number of aromatic nitrogens is 1. The van der Waals surface area contributed by atoms with E-state index < -0.39 is 10.3 Å². The van der Waals surface area contributed by atoms with Crippen LogP contribution in [0.4, 0.5) is 11.4 Å². The van der Waals surface area contributed by atoms with E-state index in [0.29, 0.717) is 34.7 Å². The molecule has 1 aliphatic carbocycles. The minimum absolute atomic E-state index is 0.00643. The maximum atomic E-state index is 13.6. The van der Waals surface area contributed by atoms with Gasteiger partial charge in [-0.1, -0.05) is 37.1 Å². The summed E-state index contributed by atoms with van der Waals surface area (Å²) < 4.78 is 1.02. The number of rotatable bonds is 5. The summed E-state index contributed by atoms with van der Waals surface area (Å²) in [5, 5.41) is 25.5. The average Bonchev–Trinajstić information content (AvgIpc) is 3.49. The zero-order valence-corrected chi connectivity index (χ0v) is 19.4. The van der Waals surface area contributed by atoms with Crippen molar-refractivity contribution in [2.24, 2.45) is 0 Å². The molecule has 0 bridgehead atoms. The van der Waals surface area contributed by atoms with E-state index in [4.69, 9.17) is 0 Å². The van der Waals surface area contributed by atoms with Crippen LogP contribution < -0.4 is 5.32 Å². The number of benzene rings is 3. The number of hydrogen-bond acceptors (Lipinski definition) is 6. The smallest absolute Gasteiger partial charge is 0.269 e. The largest absolute Gasteiger partial charge is 0.507 e. The van der Waals surface area contributed by atoms with Crippen molar-refractivity contribution in [3.05, 3.63) is 81.9 Å². The van der Waals surface area contributed by atoms with Crippen LogP contribution >= 0.6 is 11.3 Å². The molecule has 1 heterocycles. The number of hydrogen-bond donors (Lipinski definition) is 2. The lowest BCUT2D eigenvalue weighted by molar-refractivity contribution is -0.384. The van der Waals surface area contributed by atoms with Crippen LogP contribution in [0.15, 0.2) is 60.7 Å². The molecule has 172 valence electrons. The van der Waals surface area contributed by atoms with Crippen LogP contribution in [-0.4, -0.2) is 20.9 Å². The van der Waals surface area contributed by atoms with Gasteiger partial charge in [0.15, 0.2) is 0 Å². The molecule has 2 N–H and O–H groups in total. The minimum atomic E-state index is -0.739. The number of nitro groups is 1. The lowest BCUT2D eigenvalue weighted by Gasteiger charge is -2.28. The van der Waals surface area contributed by atoms with E-state index in [1.807, 2.05) is 24.3 Å². The van der Waals surface area contributed by atoms with Gasteiger partial charge in [-0.05, 0) is 55.2 Å². The number of nitro benzene ring substituents is 1. The number of amides is 1. The molecule has 1 aliphatic rings. The first-order valence-electron chi connectivity index (χ1n) is 11.1. The fourth-order valence-electron chi connectivity index (χ4n) is 4.78. The number of carbonyl (C=O) groups is 1. The molecule has 0 aliphatic heterocycles. The Balaban J connectivity index is 1.49. The van der Waals surface area contributed by atoms with Crippen LogP contribution in [0.5, 0.6) is 5.75 Å². The molecule has 1 aromatic heterocycles. The molecule has 34 heavy (non-hydrogen) atoms. The number of non-ortho nitro benzene ring substituents is 1. The Morgan fingerprint density at radius 2 is 1.82 bits per heavy atom. The number of aryl methyl sites for hydroxylation is 1. The summed E-state index contributed by atoms with van der Waals surface area (Å²) in [5.41, 5.74) is 2.72. The molecule has 3 aromatic carbocycles. The van der Waals surface area contributed by atoms with Crippen LogP contribution in [0.3, 0.4) is 0 Å². The van der Waals surface area contributed by atoms with Gasteiger partial charge in [-0.3, -0.25) is 14.9 Å². The predicted molar refractivity (Wildman–Crippen MR) is 133 cm³/mol. The Labute approximate surface area is 200 Å². The van der Waals surface area contributed by atoms with Gasteiger partial charge in [0.25, 0.3) is 5.69 Å². The van der Waals surface area contributed by atoms with E-state index in [2.05, 4.69) is 10.3 Å². The Kier molecular flexibility index (Phi) is 5.53. The second kappa shape index (κ2) is 8.53. The summed E-state index contributed by atoms with van der Waals surface area (Å²) in [6.45, 7) is 1.80. The first kappa shape index (κ1) is 22.0. The Hall–Kier alpha value is -3.78. The highest BCUT2D eigenvalue weighted by molar-refractivity contribution is 7.21. The van der Waals surface area contributed by atoms with Gasteiger partial charge in [0, 0.05) is 17.8 Å². The number of nitrogens with zero attached hydrogens (tertiary/aromatic N) is 2. The van der Waals surface area contributed by atoms with E-state index in [0.717, 1.165) is 28.6 Å². The number of aromatic hydroxyl groups is 1. The maximum Gasteiger partial charge on any atom is 0.269 e. The second-order valence-corrected chi connectivity index (χ2v) is 9.75. The van der Waals surface area contributed by atoms with Crippen molar-refractivity contribution in [1.29, 1.82) is 0 Å². The molecule has 5 rings (SSSR count). The zero-order valence-electron chi connectivity index (χ0n) is 18.6. The lowest BCUT2D eigenvalue weighted by atomic mass is 9.78. The minimum Gasteiger partial charge on any atom is -0.507 e. The quantitative estimate of drug-likeness (QED) is 0.200. The number of phenolic OH excluding ortho intramolecular Hbond substituents is 1. The van der Waals surface area contributed by atoms with Gasteiger partial charge < -0.3 is 10.4 Å². The average molecular weight is 474 g/mol. The maximum absolute atomic E-state index is 13.6. The normalized spacial score (nSPS) is 14.9. The summed E-state index contributed by atoms with van der Waals surface area (Å²) in [6.07, 6.45) is 3.18. The summed E-state index contributed by atoms with van der Waals surface area (Å²) in [6, 6.07) is 17.6. The fourth-order valence-corrected chi connectivity index (χ4v) is 5.76. The van der Waals surface area contributed by atoms with Crippen LogP contribution in [-0.2, 0) is 10.2 Å². The van der Waals surface area contributed by atoms with Gasteiger partial charge in [-0.2, -0.15) is 0 Å². The van der Waals surface area contributed by atoms with Crippen molar-refractivity contribution < 1.29 is 14.8 Å². The van der Waals surface area contributed by atoms with Gasteiger partial charge in [0.05, 0.1) is 26.1 Å². The Morgan fingerprint density at radius 3 is 2.50 bits per heavy atom. The van der Waals surface area contributed by atoms with Gasteiger partial charge in [0.2, 0.25) is 5.91 Å². The van der Waals surface area contributed by atoms with E-state index >= 15 is 0 Å². The number of thiazole rings is 1. The van der Waals surface area contributed by atoms with Crippen molar-refractivity contribution in [3.8, 4) is 16.3 Å². The molecule has 8 heteroatoms. The van der Waals surface area contributed by atoms with Crippen LogP contribution in [0.2, 0.25) is 0 Å².